The van der Waals surface area contributed by atoms with Crippen LogP contribution in [-0.2, 0) is 22.4 Å². The molecule has 4 heteroatoms. The zero-order valence-corrected chi connectivity index (χ0v) is 18.0. The first-order valence-corrected chi connectivity index (χ1v) is 10.7. The molecule has 0 bridgehead atoms. The van der Waals surface area contributed by atoms with E-state index in [4.69, 9.17) is 9.47 Å². The Morgan fingerprint density at radius 3 is 2.44 bits per heavy atom. The van der Waals surface area contributed by atoms with Gasteiger partial charge in [0.25, 0.3) is 0 Å². The fraction of sp³-hybridized carbons (Fsp3) is 0.179. The summed E-state index contributed by atoms with van der Waals surface area (Å²) in [5.74, 6) is 0.282. The van der Waals surface area contributed by atoms with Gasteiger partial charge in [-0.25, -0.2) is 4.39 Å². The van der Waals surface area contributed by atoms with Crippen LogP contribution < -0.4 is 4.74 Å². The molecule has 4 rings (SSSR count). The number of halogens is 1. The van der Waals surface area contributed by atoms with Gasteiger partial charge in [0, 0.05) is 18.4 Å². The summed E-state index contributed by atoms with van der Waals surface area (Å²) in [6.45, 7) is 0.364. The van der Waals surface area contributed by atoms with Gasteiger partial charge in [-0.05, 0) is 58.1 Å². The maximum Gasteiger partial charge on any atom is 0.305 e. The zero-order valence-electron chi connectivity index (χ0n) is 18.0. The van der Waals surface area contributed by atoms with E-state index in [-0.39, 0.29) is 11.8 Å². The molecule has 0 radical (unpaired) electrons. The van der Waals surface area contributed by atoms with Crippen LogP contribution in [0.3, 0.4) is 0 Å². The van der Waals surface area contributed by atoms with E-state index in [1.165, 1.54) is 18.6 Å². The number of hydrogen-bond donors (Lipinski definition) is 0. The molecular formula is C28H25FO3. The minimum atomic E-state index is -0.234. The number of hydrogen-bond acceptors (Lipinski definition) is 3. The van der Waals surface area contributed by atoms with Gasteiger partial charge in [-0.15, -0.1) is 0 Å². The van der Waals surface area contributed by atoms with E-state index in [1.54, 1.807) is 12.1 Å². The Labute approximate surface area is 187 Å². The van der Waals surface area contributed by atoms with E-state index < -0.39 is 0 Å². The molecule has 0 aliphatic heterocycles. The van der Waals surface area contributed by atoms with Gasteiger partial charge in [0.15, 0.2) is 0 Å². The molecule has 0 aliphatic carbocycles. The third kappa shape index (κ3) is 5.14. The first kappa shape index (κ1) is 21.6. The average Bonchev–Trinajstić information content (AvgIpc) is 2.84. The molecule has 162 valence electrons. The largest absolute Gasteiger partial charge is 0.493 e. The highest BCUT2D eigenvalue weighted by molar-refractivity contribution is 5.88. The van der Waals surface area contributed by atoms with E-state index in [9.17, 15) is 9.18 Å². The molecule has 0 heterocycles. The minimum Gasteiger partial charge on any atom is -0.493 e. The van der Waals surface area contributed by atoms with Crippen molar-refractivity contribution in [3.63, 3.8) is 0 Å². The smallest absolute Gasteiger partial charge is 0.305 e. The van der Waals surface area contributed by atoms with Crippen LogP contribution in [0.2, 0.25) is 0 Å². The van der Waals surface area contributed by atoms with Crippen LogP contribution in [0.25, 0.3) is 21.9 Å². The predicted octanol–water partition coefficient (Wildman–Crippen LogP) is 6.37. The van der Waals surface area contributed by atoms with Crippen molar-refractivity contribution < 1.29 is 18.7 Å². The third-order valence-corrected chi connectivity index (χ3v) is 5.54. The molecule has 0 saturated heterocycles. The second kappa shape index (κ2) is 10.1. The van der Waals surface area contributed by atoms with E-state index in [0.29, 0.717) is 31.4 Å². The summed E-state index contributed by atoms with van der Waals surface area (Å²) >= 11 is 0. The summed E-state index contributed by atoms with van der Waals surface area (Å²) in [6, 6.07) is 27.2. The highest BCUT2D eigenvalue weighted by Crippen LogP contribution is 2.33. The molecule has 32 heavy (non-hydrogen) atoms. The molecule has 0 amide bonds. The first-order chi connectivity index (χ1) is 15.6. The van der Waals surface area contributed by atoms with E-state index in [2.05, 4.69) is 36.4 Å². The summed E-state index contributed by atoms with van der Waals surface area (Å²) in [5.41, 5.74) is 3.64. The molecule has 0 fully saturated rings. The quantitative estimate of drug-likeness (QED) is 0.306. The van der Waals surface area contributed by atoms with E-state index in [1.807, 2.05) is 30.3 Å². The van der Waals surface area contributed by atoms with Gasteiger partial charge in [0.05, 0.1) is 13.7 Å². The Hall–Kier alpha value is -3.66. The second-order valence-electron chi connectivity index (χ2n) is 7.66. The molecule has 0 atom stereocenters. The number of methoxy groups -OCH3 is 1. The zero-order chi connectivity index (χ0) is 22.3. The Balaban J connectivity index is 1.61. The molecule has 3 nitrogen and oxygen atoms in total. The highest BCUT2D eigenvalue weighted by Gasteiger charge is 2.11. The number of ether oxygens (including phenoxy) is 2. The number of benzene rings is 4. The van der Waals surface area contributed by atoms with Gasteiger partial charge in [-0.2, -0.15) is 0 Å². The summed E-state index contributed by atoms with van der Waals surface area (Å²) in [4.78, 5) is 11.6. The summed E-state index contributed by atoms with van der Waals surface area (Å²) < 4.78 is 24.8. The second-order valence-corrected chi connectivity index (χ2v) is 7.66. The third-order valence-electron chi connectivity index (χ3n) is 5.54. The molecular weight excluding hydrogens is 403 g/mol. The molecule has 4 aromatic rings. The lowest BCUT2D eigenvalue weighted by Crippen LogP contribution is -2.05. The molecule has 0 saturated carbocycles. The number of esters is 1. The standard InChI is InChI=1S/C28H25FO3/c1-31-28(30)15-11-20-10-14-27(32-17-16-22-7-4-5-9-26(22)29)25(18-20)24-13-12-21-6-2-3-8-23(21)19-24/h2-10,12-14,18-19H,11,15-17H2,1H3. The van der Waals surface area contributed by atoms with Crippen molar-refractivity contribution in [2.24, 2.45) is 0 Å². The lowest BCUT2D eigenvalue weighted by atomic mass is 9.97. The van der Waals surface area contributed by atoms with E-state index in [0.717, 1.165) is 27.8 Å². The fourth-order valence-corrected chi connectivity index (χ4v) is 3.76. The van der Waals surface area contributed by atoms with Crippen LogP contribution in [0.4, 0.5) is 4.39 Å². The van der Waals surface area contributed by atoms with Crippen molar-refractivity contribution in [2.45, 2.75) is 19.3 Å². The fourth-order valence-electron chi connectivity index (χ4n) is 3.76. The number of aryl methyl sites for hydroxylation is 1. The van der Waals surface area contributed by atoms with Gasteiger partial charge in [-0.1, -0.05) is 60.7 Å². The van der Waals surface area contributed by atoms with Crippen LogP contribution in [0.5, 0.6) is 5.75 Å². The van der Waals surface area contributed by atoms with Gasteiger partial charge in [0.1, 0.15) is 11.6 Å². The van der Waals surface area contributed by atoms with E-state index >= 15 is 0 Å². The van der Waals surface area contributed by atoms with Gasteiger partial charge in [0.2, 0.25) is 0 Å². The molecule has 0 spiro atoms. The number of carbonyl (C=O) groups is 1. The van der Waals surface area contributed by atoms with Gasteiger partial charge < -0.3 is 9.47 Å². The van der Waals surface area contributed by atoms with Gasteiger partial charge >= 0.3 is 5.97 Å². The summed E-state index contributed by atoms with van der Waals surface area (Å²) in [5, 5.41) is 2.31. The predicted molar refractivity (Wildman–Crippen MR) is 125 cm³/mol. The van der Waals surface area contributed by atoms with Crippen LogP contribution in [0.1, 0.15) is 17.5 Å². The maximum absolute atomic E-state index is 13.9. The molecule has 0 aliphatic rings. The normalized spacial score (nSPS) is 10.8. The van der Waals surface area contributed by atoms with Crippen LogP contribution in [0, 0.1) is 5.82 Å². The Morgan fingerprint density at radius 1 is 0.844 bits per heavy atom. The monoisotopic (exact) mass is 428 g/mol. The SMILES string of the molecule is COC(=O)CCc1ccc(OCCc2ccccc2F)c(-c2ccc3ccccc3c2)c1. The number of fused-ring (bicyclic) bond motifs is 1. The summed E-state index contributed by atoms with van der Waals surface area (Å²) in [6.07, 6.45) is 1.39. The van der Waals surface area contributed by atoms with Crippen LogP contribution in [-0.4, -0.2) is 19.7 Å². The van der Waals surface area contributed by atoms with Crippen LogP contribution in [0.15, 0.2) is 84.9 Å². The maximum atomic E-state index is 13.9. The Morgan fingerprint density at radius 2 is 1.62 bits per heavy atom. The highest BCUT2D eigenvalue weighted by atomic mass is 19.1. The lowest BCUT2D eigenvalue weighted by molar-refractivity contribution is -0.140. The number of rotatable bonds is 8. The minimum absolute atomic E-state index is 0.219. The molecule has 4 aromatic carbocycles. The molecule has 0 unspecified atom stereocenters. The summed E-state index contributed by atoms with van der Waals surface area (Å²) in [7, 11) is 1.40. The van der Waals surface area contributed by atoms with Crippen molar-refractivity contribution in [2.75, 3.05) is 13.7 Å². The number of carbonyl (C=O) groups excluding carboxylic acids is 1. The average molecular weight is 429 g/mol. The van der Waals surface area contributed by atoms with Crippen molar-refractivity contribution in [3.8, 4) is 16.9 Å². The van der Waals surface area contributed by atoms with Crippen molar-refractivity contribution >= 4 is 16.7 Å². The Bertz CT molecular complexity index is 1230. The van der Waals surface area contributed by atoms with Crippen molar-refractivity contribution in [1.29, 1.82) is 0 Å². The topological polar surface area (TPSA) is 35.5 Å². The van der Waals surface area contributed by atoms with Crippen molar-refractivity contribution in [1.82, 2.24) is 0 Å². The molecule has 0 N–H and O–H groups in total. The lowest BCUT2D eigenvalue weighted by Gasteiger charge is -2.15. The van der Waals surface area contributed by atoms with Gasteiger partial charge in [-0.3, -0.25) is 4.79 Å². The van der Waals surface area contributed by atoms with Crippen molar-refractivity contribution in [3.05, 3.63) is 102 Å². The Kier molecular flexibility index (Phi) is 6.81. The molecule has 0 aromatic heterocycles. The first-order valence-electron chi connectivity index (χ1n) is 10.7. The van der Waals surface area contributed by atoms with Crippen LogP contribution >= 0.6 is 0 Å².